The fourth-order valence-electron chi connectivity index (χ4n) is 2.22. The van der Waals surface area contributed by atoms with Gasteiger partial charge >= 0.3 is 7.12 Å². The van der Waals surface area contributed by atoms with Crippen molar-refractivity contribution in [2.45, 2.75) is 6.54 Å². The standard InChI is InChI=1S/C14H13BN2O2/c18-15(19)14-12-8-4-5-9-13(12)17(16-14)10-11-6-2-1-3-7-11/h1-9,18-19H,10H2. The molecule has 1 heterocycles. The van der Waals surface area contributed by atoms with E-state index in [0.717, 1.165) is 16.5 Å². The highest BCUT2D eigenvalue weighted by atomic mass is 16.4. The summed E-state index contributed by atoms with van der Waals surface area (Å²) in [5.74, 6) is 0. The van der Waals surface area contributed by atoms with Gasteiger partial charge in [0, 0.05) is 5.39 Å². The summed E-state index contributed by atoms with van der Waals surface area (Å²) in [6.45, 7) is 0.605. The second-order valence-electron chi connectivity index (χ2n) is 4.42. The summed E-state index contributed by atoms with van der Waals surface area (Å²) in [6.07, 6.45) is 0. The van der Waals surface area contributed by atoms with E-state index in [1.165, 1.54) is 0 Å². The number of nitrogens with zero attached hydrogens (tertiary/aromatic N) is 2. The first-order valence-corrected chi connectivity index (χ1v) is 6.11. The largest absolute Gasteiger partial charge is 0.510 e. The summed E-state index contributed by atoms with van der Waals surface area (Å²) in [4.78, 5) is 0. The van der Waals surface area contributed by atoms with Gasteiger partial charge in [-0.2, -0.15) is 5.10 Å². The van der Waals surface area contributed by atoms with Crippen molar-refractivity contribution in [3.05, 3.63) is 60.2 Å². The van der Waals surface area contributed by atoms with Crippen molar-refractivity contribution >= 4 is 23.6 Å². The molecule has 0 aliphatic carbocycles. The molecule has 0 aliphatic rings. The molecule has 0 spiro atoms. The van der Waals surface area contributed by atoms with Gasteiger partial charge in [-0.05, 0) is 11.6 Å². The average Bonchev–Trinajstić information content (AvgIpc) is 2.79. The highest BCUT2D eigenvalue weighted by Crippen LogP contribution is 2.13. The molecule has 0 aliphatic heterocycles. The smallest absolute Gasteiger partial charge is 0.422 e. The van der Waals surface area contributed by atoms with Crippen molar-refractivity contribution in [3.8, 4) is 0 Å². The van der Waals surface area contributed by atoms with Gasteiger partial charge in [0.25, 0.3) is 0 Å². The molecular weight excluding hydrogens is 239 g/mol. The Kier molecular flexibility index (Phi) is 3.07. The molecule has 4 nitrogen and oxygen atoms in total. The van der Waals surface area contributed by atoms with Crippen LogP contribution < -0.4 is 5.59 Å². The van der Waals surface area contributed by atoms with Crippen LogP contribution in [0.3, 0.4) is 0 Å². The van der Waals surface area contributed by atoms with Crippen LogP contribution in [0.5, 0.6) is 0 Å². The van der Waals surface area contributed by atoms with E-state index in [1.54, 1.807) is 4.68 Å². The van der Waals surface area contributed by atoms with Crippen LogP contribution in [0.25, 0.3) is 10.9 Å². The molecule has 0 fully saturated rings. The number of fused-ring (bicyclic) bond motifs is 1. The first kappa shape index (κ1) is 12.0. The molecule has 1 aromatic heterocycles. The molecule has 3 aromatic rings. The van der Waals surface area contributed by atoms with Gasteiger partial charge in [-0.3, -0.25) is 4.68 Å². The Morgan fingerprint density at radius 2 is 1.63 bits per heavy atom. The summed E-state index contributed by atoms with van der Waals surface area (Å²) >= 11 is 0. The van der Waals surface area contributed by atoms with Crippen LogP contribution >= 0.6 is 0 Å². The minimum absolute atomic E-state index is 0.298. The fourth-order valence-corrected chi connectivity index (χ4v) is 2.22. The predicted octanol–water partition coefficient (Wildman–Crippen LogP) is 0.764. The van der Waals surface area contributed by atoms with Crippen LogP contribution in [-0.4, -0.2) is 26.9 Å². The van der Waals surface area contributed by atoms with E-state index in [4.69, 9.17) is 0 Å². The summed E-state index contributed by atoms with van der Waals surface area (Å²) in [6, 6.07) is 17.5. The molecule has 0 unspecified atom stereocenters. The third-order valence-electron chi connectivity index (χ3n) is 3.11. The van der Waals surface area contributed by atoms with E-state index in [-0.39, 0.29) is 0 Å². The highest BCUT2D eigenvalue weighted by Gasteiger charge is 2.20. The quantitative estimate of drug-likeness (QED) is 0.677. The van der Waals surface area contributed by atoms with Crippen molar-refractivity contribution in [2.24, 2.45) is 0 Å². The minimum Gasteiger partial charge on any atom is -0.422 e. The highest BCUT2D eigenvalue weighted by molar-refractivity contribution is 6.60. The molecule has 0 radical (unpaired) electrons. The first-order valence-electron chi connectivity index (χ1n) is 6.11. The molecule has 2 aromatic carbocycles. The van der Waals surface area contributed by atoms with E-state index >= 15 is 0 Å². The van der Waals surface area contributed by atoms with Crippen LogP contribution in [0.1, 0.15) is 5.56 Å². The maximum Gasteiger partial charge on any atom is 0.510 e. The predicted molar refractivity (Wildman–Crippen MR) is 75.1 cm³/mol. The lowest BCUT2D eigenvalue weighted by Crippen LogP contribution is -2.32. The zero-order valence-corrected chi connectivity index (χ0v) is 10.3. The Morgan fingerprint density at radius 3 is 2.37 bits per heavy atom. The number of hydrogen-bond donors (Lipinski definition) is 2. The maximum atomic E-state index is 9.38. The summed E-state index contributed by atoms with van der Waals surface area (Å²) in [5.41, 5.74) is 2.32. The van der Waals surface area contributed by atoms with E-state index in [1.807, 2.05) is 54.6 Å². The van der Waals surface area contributed by atoms with Crippen LogP contribution in [0, 0.1) is 0 Å². The lowest BCUT2D eigenvalue weighted by molar-refractivity contribution is 0.424. The van der Waals surface area contributed by atoms with Crippen molar-refractivity contribution in [1.29, 1.82) is 0 Å². The molecule has 0 amide bonds. The van der Waals surface area contributed by atoms with Crippen molar-refractivity contribution < 1.29 is 10.0 Å². The van der Waals surface area contributed by atoms with Crippen molar-refractivity contribution in [2.75, 3.05) is 0 Å². The third-order valence-corrected chi connectivity index (χ3v) is 3.11. The number of hydrogen-bond acceptors (Lipinski definition) is 3. The topological polar surface area (TPSA) is 58.3 Å². The fraction of sp³-hybridized carbons (Fsp3) is 0.0714. The Bertz CT molecular complexity index is 695. The van der Waals surface area contributed by atoms with Crippen LogP contribution in [-0.2, 0) is 6.54 Å². The summed E-state index contributed by atoms with van der Waals surface area (Å²) in [7, 11) is -1.55. The van der Waals surface area contributed by atoms with E-state index in [2.05, 4.69) is 5.10 Å². The average molecular weight is 252 g/mol. The van der Waals surface area contributed by atoms with E-state index in [0.29, 0.717) is 12.1 Å². The Labute approximate surface area is 111 Å². The Balaban J connectivity index is 2.09. The van der Waals surface area contributed by atoms with Gasteiger partial charge in [0.1, 0.15) is 5.59 Å². The SMILES string of the molecule is OB(O)c1nn(Cc2ccccc2)c2ccccc12. The molecule has 0 saturated carbocycles. The zero-order valence-electron chi connectivity index (χ0n) is 10.3. The van der Waals surface area contributed by atoms with Crippen molar-refractivity contribution in [3.63, 3.8) is 0 Å². The van der Waals surface area contributed by atoms with E-state index < -0.39 is 7.12 Å². The minimum atomic E-state index is -1.55. The molecule has 0 atom stereocenters. The van der Waals surface area contributed by atoms with Crippen LogP contribution in [0.4, 0.5) is 0 Å². The molecule has 94 valence electrons. The number of benzene rings is 2. The molecule has 19 heavy (non-hydrogen) atoms. The summed E-state index contributed by atoms with van der Waals surface area (Å²) < 4.78 is 1.79. The maximum absolute atomic E-state index is 9.38. The molecule has 5 heteroatoms. The van der Waals surface area contributed by atoms with Gasteiger partial charge in [-0.25, -0.2) is 0 Å². The van der Waals surface area contributed by atoms with Gasteiger partial charge in [0.05, 0.1) is 12.1 Å². The van der Waals surface area contributed by atoms with Gasteiger partial charge < -0.3 is 10.0 Å². The monoisotopic (exact) mass is 252 g/mol. The molecule has 2 N–H and O–H groups in total. The number of aromatic nitrogens is 2. The van der Waals surface area contributed by atoms with Crippen LogP contribution in [0.15, 0.2) is 54.6 Å². The van der Waals surface area contributed by atoms with E-state index in [9.17, 15) is 10.0 Å². The number of rotatable bonds is 3. The van der Waals surface area contributed by atoms with Gasteiger partial charge in [0.2, 0.25) is 0 Å². The van der Waals surface area contributed by atoms with Gasteiger partial charge in [-0.1, -0.05) is 48.5 Å². The second-order valence-corrected chi connectivity index (χ2v) is 4.42. The van der Waals surface area contributed by atoms with Gasteiger partial charge in [0.15, 0.2) is 0 Å². The molecule has 3 rings (SSSR count). The normalized spacial score (nSPS) is 10.8. The molecule has 0 bridgehead atoms. The first-order chi connectivity index (χ1) is 9.25. The Morgan fingerprint density at radius 1 is 0.947 bits per heavy atom. The molecule has 0 saturated heterocycles. The van der Waals surface area contributed by atoms with Crippen LogP contribution in [0.2, 0.25) is 0 Å². The lowest BCUT2D eigenvalue weighted by Gasteiger charge is -2.03. The van der Waals surface area contributed by atoms with Crippen molar-refractivity contribution in [1.82, 2.24) is 9.78 Å². The summed E-state index contributed by atoms with van der Waals surface area (Å²) in [5, 5.41) is 23.8. The van der Waals surface area contributed by atoms with Gasteiger partial charge in [-0.15, -0.1) is 0 Å². The Hall–Kier alpha value is -2.11. The number of para-hydroxylation sites is 1. The lowest BCUT2D eigenvalue weighted by atomic mass is 9.84. The second kappa shape index (κ2) is 4.88. The zero-order chi connectivity index (χ0) is 13.2. The molecular formula is C14H13BN2O2. The third kappa shape index (κ3) is 2.25.